The number of fused-ring (bicyclic) bond motifs is 4. The fraction of sp³-hybridized carbons (Fsp3) is 0.398. The average Bonchev–Trinajstić information content (AvgIpc) is 0.765. The lowest BCUT2D eigenvalue weighted by Crippen LogP contribution is -2.34. The van der Waals surface area contributed by atoms with E-state index in [2.05, 4.69) is 209 Å². The molecule has 0 atom stereocenters. The van der Waals surface area contributed by atoms with Crippen molar-refractivity contribution in [3.8, 4) is 44.8 Å². The Kier molecular flexibility index (Phi) is 23.0. The van der Waals surface area contributed by atoms with Crippen molar-refractivity contribution in [1.29, 1.82) is 0 Å². The lowest BCUT2D eigenvalue weighted by atomic mass is 9.62. The first-order valence-electron chi connectivity index (χ1n) is 37.0. The minimum Gasteiger partial charge on any atom is -0.478 e. The van der Waals surface area contributed by atoms with Crippen molar-refractivity contribution in [2.45, 2.75) is 240 Å². The monoisotopic (exact) mass is 1410 g/mol. The highest BCUT2D eigenvalue weighted by Gasteiger charge is 2.42. The maximum atomic E-state index is 10.8. The fourth-order valence-corrected chi connectivity index (χ4v) is 15.7. The van der Waals surface area contributed by atoms with Crippen LogP contribution in [0.15, 0.2) is 140 Å². The number of aryl methyl sites for hydroxylation is 5. The molecule has 0 radical (unpaired) electrons. The van der Waals surface area contributed by atoms with Crippen LogP contribution >= 0.6 is 0 Å². The number of carbonyl (C=O) groups is 4. The molecule has 4 heterocycles. The maximum absolute atomic E-state index is 10.8. The molecule has 0 saturated heterocycles. The van der Waals surface area contributed by atoms with Gasteiger partial charge in [0.2, 0.25) is 0 Å². The molecule has 0 unspecified atom stereocenters. The highest BCUT2D eigenvalue weighted by Crippen LogP contribution is 2.52. The normalized spacial score (nSPS) is 17.8. The molecule has 4 aromatic carbocycles. The van der Waals surface area contributed by atoms with E-state index < -0.39 is 23.9 Å². The minimum absolute atomic E-state index is 0.141. The van der Waals surface area contributed by atoms with Gasteiger partial charge in [-0.25, -0.2) is 29.1 Å². The molecule has 0 amide bonds. The predicted molar refractivity (Wildman–Crippen MR) is 430 cm³/mol. The van der Waals surface area contributed by atoms with E-state index in [1.165, 1.54) is 141 Å². The van der Waals surface area contributed by atoms with Gasteiger partial charge in [-0.3, -0.25) is 9.97 Å². The number of hydrogen-bond donors (Lipinski definition) is 4. The third-order valence-electron chi connectivity index (χ3n) is 23.0. The van der Waals surface area contributed by atoms with Crippen LogP contribution in [-0.2, 0) is 62.5 Å². The summed E-state index contributed by atoms with van der Waals surface area (Å²) >= 11 is 0. The lowest BCUT2D eigenvalue weighted by Gasteiger charge is -2.42. The summed E-state index contributed by atoms with van der Waals surface area (Å²) in [5, 5.41) is 35.4. The summed E-state index contributed by atoms with van der Waals surface area (Å²) in [7, 11) is 0. The molecule has 0 spiro atoms. The topological polar surface area (TPSA) is 201 Å². The largest absolute Gasteiger partial charge is 0.478 e. The van der Waals surface area contributed by atoms with Gasteiger partial charge in [-0.1, -0.05) is 153 Å². The van der Waals surface area contributed by atoms with Gasteiger partial charge in [0, 0.05) is 59.6 Å². The number of carboxylic acids is 4. The third-order valence-corrected chi connectivity index (χ3v) is 23.0. The van der Waals surface area contributed by atoms with E-state index in [1.807, 2.05) is 54.7 Å². The Balaban J connectivity index is 0.000000162. The number of benzene rings is 4. The van der Waals surface area contributed by atoms with Crippen molar-refractivity contribution in [3.63, 3.8) is 0 Å². The molecule has 8 aromatic rings. The Morgan fingerprint density at radius 3 is 1.10 bits per heavy atom. The molecule has 12 heteroatoms. The van der Waals surface area contributed by atoms with Crippen LogP contribution in [0.2, 0.25) is 0 Å². The second kappa shape index (κ2) is 30.4. The molecular weight excluding hydrogens is 1300 g/mol. The molecule has 12 nitrogen and oxygen atoms in total. The fourth-order valence-electron chi connectivity index (χ4n) is 15.7. The Morgan fingerprint density at radius 2 is 0.676 bits per heavy atom. The highest BCUT2D eigenvalue weighted by atomic mass is 16.4. The predicted octanol–water partition coefficient (Wildman–Crippen LogP) is 22.3. The van der Waals surface area contributed by atoms with Gasteiger partial charge in [0.15, 0.2) is 0 Å². The van der Waals surface area contributed by atoms with Crippen molar-refractivity contribution >= 4 is 48.2 Å². The number of nitrogens with zero attached hydrogens (tertiary/aromatic N) is 4. The molecule has 12 rings (SSSR count). The summed E-state index contributed by atoms with van der Waals surface area (Å²) in [6.45, 7) is 47.9. The van der Waals surface area contributed by atoms with Crippen molar-refractivity contribution in [1.82, 2.24) is 19.9 Å². The van der Waals surface area contributed by atoms with Gasteiger partial charge in [0.05, 0.1) is 28.5 Å². The van der Waals surface area contributed by atoms with Crippen molar-refractivity contribution < 1.29 is 39.6 Å². The molecule has 0 aliphatic heterocycles. The zero-order chi connectivity index (χ0) is 77.3. The van der Waals surface area contributed by atoms with Crippen LogP contribution in [0.1, 0.15) is 257 Å². The van der Waals surface area contributed by atoms with E-state index in [0.717, 1.165) is 69.1 Å². The molecule has 4 N–H and O–H groups in total. The Bertz CT molecular complexity index is 4460. The minimum atomic E-state index is -0.967. The molecule has 550 valence electrons. The molecule has 4 aliphatic rings. The van der Waals surface area contributed by atoms with E-state index in [-0.39, 0.29) is 43.3 Å². The smallest absolute Gasteiger partial charge is 0.328 e. The first-order chi connectivity index (χ1) is 48.8. The number of aliphatic carboxylic acids is 4. The summed E-state index contributed by atoms with van der Waals surface area (Å²) < 4.78 is 0. The molecule has 105 heavy (non-hydrogen) atoms. The Morgan fingerprint density at radius 1 is 0.333 bits per heavy atom. The van der Waals surface area contributed by atoms with E-state index >= 15 is 0 Å². The zero-order valence-corrected chi connectivity index (χ0v) is 66.0. The van der Waals surface area contributed by atoms with Gasteiger partial charge in [0.25, 0.3) is 0 Å². The van der Waals surface area contributed by atoms with Gasteiger partial charge in [-0.05, 0) is 303 Å². The summed E-state index contributed by atoms with van der Waals surface area (Å²) in [5.74, 6) is -3.85. The van der Waals surface area contributed by atoms with Gasteiger partial charge >= 0.3 is 23.9 Å². The highest BCUT2D eigenvalue weighted by molar-refractivity contribution is 5.88. The van der Waals surface area contributed by atoms with Crippen LogP contribution in [0, 0.1) is 34.6 Å². The number of aromatic nitrogens is 4. The summed E-state index contributed by atoms with van der Waals surface area (Å²) in [6, 6.07) is 34.2. The van der Waals surface area contributed by atoms with E-state index in [0.29, 0.717) is 17.1 Å². The number of carboxylic acid groups (broad SMARTS) is 4. The van der Waals surface area contributed by atoms with Crippen LogP contribution in [0.5, 0.6) is 0 Å². The van der Waals surface area contributed by atoms with Crippen LogP contribution in [0.25, 0.3) is 69.1 Å². The number of rotatable bonds is 12. The number of hydrogen-bond acceptors (Lipinski definition) is 8. The van der Waals surface area contributed by atoms with Crippen LogP contribution < -0.4 is 0 Å². The van der Waals surface area contributed by atoms with Crippen LogP contribution in [-0.4, -0.2) is 64.2 Å². The second-order valence-corrected chi connectivity index (χ2v) is 34.9. The van der Waals surface area contributed by atoms with Crippen LogP contribution in [0.3, 0.4) is 0 Å². The molecular formula is C93H110N4O8. The summed E-state index contributed by atoms with van der Waals surface area (Å²) in [4.78, 5) is 61.1. The number of pyridine rings is 4. The van der Waals surface area contributed by atoms with Crippen LogP contribution in [0.4, 0.5) is 0 Å². The van der Waals surface area contributed by atoms with Gasteiger partial charge in [-0.2, -0.15) is 0 Å². The molecule has 0 fully saturated rings. The molecule has 0 saturated carbocycles. The zero-order valence-electron chi connectivity index (χ0n) is 66.0. The molecule has 0 bridgehead atoms. The first-order valence-corrected chi connectivity index (χ1v) is 37.0. The second-order valence-electron chi connectivity index (χ2n) is 34.9. The third kappa shape index (κ3) is 18.3. The lowest BCUT2D eigenvalue weighted by molar-refractivity contribution is -0.132. The van der Waals surface area contributed by atoms with Crippen molar-refractivity contribution in [2.75, 3.05) is 0 Å². The Hall–Kier alpha value is -9.68. The molecule has 4 aromatic heterocycles. The summed E-state index contributed by atoms with van der Waals surface area (Å²) in [5.41, 5.74) is 30.1. The van der Waals surface area contributed by atoms with Crippen molar-refractivity contribution in [3.05, 3.63) is 235 Å². The van der Waals surface area contributed by atoms with E-state index in [4.69, 9.17) is 25.4 Å². The van der Waals surface area contributed by atoms with Crippen molar-refractivity contribution in [2.24, 2.45) is 0 Å². The quantitative estimate of drug-likeness (QED) is 0.0845. The van der Waals surface area contributed by atoms with Gasteiger partial charge in [-0.15, -0.1) is 0 Å². The average molecular weight is 1410 g/mol. The van der Waals surface area contributed by atoms with E-state index in [1.54, 1.807) is 24.5 Å². The van der Waals surface area contributed by atoms with Gasteiger partial charge < -0.3 is 20.4 Å². The standard InChI is InChI=1S/C24H29NO2.3C23H27NO2/c1-15-7-8-17(9-10-21(26)27)25-22(15)18-14-20-19(13-16(18)2)23(3,4)11-12-24(20,5)6;1-15-12-19-20(23(4,5)10-9-22(19,2)3)14-18(15)16-8-11-24-17(13-16)6-7-21(25)26;1-15-10-19-20(23(4,5)9-8-22(19,2)3)12-18(15)17-11-16(13-24-14-17)6-7-21(25)26;1-15-13-18-19(23(4,5)12-11-22(18,2)3)14-17(15)20-8-6-7-16(24-20)9-10-21(25)26/h7-10,13-14H,11-12H2,1-6H3,(H,26,27);6-8,11-14H,9-10H2,1-5H3,(H,25,26);6-7,10-14H,8-9H2,1-5H3,(H,25,26);6-10,13-14H,11-12H2,1-5H3,(H,25,26)/b10-9+;2*7-6+;10-9+. The maximum Gasteiger partial charge on any atom is 0.328 e. The SMILES string of the molecule is Cc1cc2c(cc1-c1cccc(/C=C/C(=O)O)n1)C(C)(C)CCC2(C)C.Cc1cc2c(cc1-c1ccnc(/C=C/C(=O)O)c1)C(C)(C)CCC2(C)C.Cc1cc2c(cc1-c1cncc(/C=C/C(=O)O)c1)C(C)(C)CCC2(C)C.Cc1cc2c(cc1-c1nc(/C=C/C(=O)O)ccc1C)C(C)(C)CCC2(C)C. The van der Waals surface area contributed by atoms with Gasteiger partial charge in [0.1, 0.15) is 0 Å². The Labute approximate surface area is 624 Å². The molecule has 4 aliphatic carbocycles. The summed E-state index contributed by atoms with van der Waals surface area (Å²) in [6.07, 6.45) is 25.5. The first kappa shape index (κ1) is 79.4. The van der Waals surface area contributed by atoms with E-state index in [9.17, 15) is 19.2 Å².